The van der Waals surface area contributed by atoms with Gasteiger partial charge in [-0.25, -0.2) is 0 Å². The Bertz CT molecular complexity index is 493. The third-order valence-electron chi connectivity index (χ3n) is 3.95. The van der Waals surface area contributed by atoms with Crippen LogP contribution in [0.15, 0.2) is 23.4 Å². The molecule has 1 aromatic carbocycles. The molecule has 0 radical (unpaired) electrons. The Balaban J connectivity index is 2.16. The standard InChI is InChI=1S/C14H21N3O3/c1-20-12-4-3-10(13(15)17-19)7-11(12)8-16-14(9-18)5-2-6-14/h3-4,7,16,18-19H,2,5-6,8-9H2,1H3,(H2,15,17). The minimum Gasteiger partial charge on any atom is -0.496 e. The summed E-state index contributed by atoms with van der Waals surface area (Å²) in [5.41, 5.74) is 6.98. The minimum absolute atomic E-state index is 0.0643. The van der Waals surface area contributed by atoms with Gasteiger partial charge in [-0.15, -0.1) is 0 Å². The maximum absolute atomic E-state index is 9.46. The lowest BCUT2D eigenvalue weighted by atomic mass is 9.77. The number of hydrogen-bond acceptors (Lipinski definition) is 5. The van der Waals surface area contributed by atoms with Gasteiger partial charge in [-0.05, 0) is 37.5 Å². The second kappa shape index (κ2) is 6.11. The van der Waals surface area contributed by atoms with Crippen LogP contribution < -0.4 is 15.8 Å². The molecule has 1 aromatic rings. The van der Waals surface area contributed by atoms with E-state index in [0.717, 1.165) is 30.6 Å². The van der Waals surface area contributed by atoms with Crippen LogP contribution in [-0.4, -0.2) is 35.4 Å². The first-order chi connectivity index (χ1) is 9.64. The van der Waals surface area contributed by atoms with Crippen LogP contribution in [0.5, 0.6) is 5.75 Å². The second-order valence-electron chi connectivity index (χ2n) is 5.16. The summed E-state index contributed by atoms with van der Waals surface area (Å²) < 4.78 is 5.32. The molecule has 1 fully saturated rings. The van der Waals surface area contributed by atoms with Crippen molar-refractivity contribution in [2.24, 2.45) is 10.9 Å². The number of aliphatic hydroxyl groups is 1. The Morgan fingerprint density at radius 1 is 1.50 bits per heavy atom. The zero-order valence-electron chi connectivity index (χ0n) is 11.6. The summed E-state index contributed by atoms with van der Waals surface area (Å²) in [5, 5.41) is 24.6. The first-order valence-corrected chi connectivity index (χ1v) is 6.65. The number of ether oxygens (including phenoxy) is 1. The number of methoxy groups -OCH3 is 1. The number of nitrogens with one attached hydrogen (secondary N) is 1. The number of rotatable bonds is 6. The van der Waals surface area contributed by atoms with Crippen molar-refractivity contribution >= 4 is 5.84 Å². The summed E-state index contributed by atoms with van der Waals surface area (Å²) in [4.78, 5) is 0. The maximum atomic E-state index is 9.46. The number of nitrogens with two attached hydrogens (primary N) is 1. The molecule has 0 unspecified atom stereocenters. The van der Waals surface area contributed by atoms with E-state index in [0.29, 0.717) is 12.1 Å². The van der Waals surface area contributed by atoms with Gasteiger partial charge in [0.25, 0.3) is 0 Å². The smallest absolute Gasteiger partial charge is 0.170 e. The molecule has 6 heteroatoms. The normalized spacial score (nSPS) is 17.6. The van der Waals surface area contributed by atoms with Crippen molar-refractivity contribution in [3.05, 3.63) is 29.3 Å². The van der Waals surface area contributed by atoms with E-state index in [-0.39, 0.29) is 18.0 Å². The fourth-order valence-corrected chi connectivity index (χ4v) is 2.41. The molecule has 0 atom stereocenters. The van der Waals surface area contributed by atoms with E-state index in [1.165, 1.54) is 0 Å². The van der Waals surface area contributed by atoms with Gasteiger partial charge in [-0.1, -0.05) is 5.16 Å². The third kappa shape index (κ3) is 2.86. The van der Waals surface area contributed by atoms with Gasteiger partial charge in [0.1, 0.15) is 5.75 Å². The molecule has 0 aromatic heterocycles. The molecular weight excluding hydrogens is 258 g/mol. The number of hydrogen-bond donors (Lipinski definition) is 4. The zero-order valence-corrected chi connectivity index (χ0v) is 11.6. The molecule has 20 heavy (non-hydrogen) atoms. The molecule has 0 spiro atoms. The highest BCUT2D eigenvalue weighted by atomic mass is 16.5. The summed E-state index contributed by atoms with van der Waals surface area (Å²) in [7, 11) is 1.60. The Morgan fingerprint density at radius 2 is 2.25 bits per heavy atom. The van der Waals surface area contributed by atoms with E-state index in [2.05, 4.69) is 10.5 Å². The summed E-state index contributed by atoms with van der Waals surface area (Å²) >= 11 is 0. The van der Waals surface area contributed by atoms with Crippen molar-refractivity contribution in [1.82, 2.24) is 5.32 Å². The van der Waals surface area contributed by atoms with Gasteiger partial charge < -0.3 is 26.1 Å². The average Bonchev–Trinajstić information content (AvgIpc) is 2.45. The molecule has 0 heterocycles. The van der Waals surface area contributed by atoms with Gasteiger partial charge in [0.2, 0.25) is 0 Å². The molecule has 2 rings (SSSR count). The monoisotopic (exact) mass is 279 g/mol. The molecule has 1 aliphatic carbocycles. The molecule has 0 amide bonds. The zero-order chi connectivity index (χ0) is 14.6. The Labute approximate surface area is 118 Å². The van der Waals surface area contributed by atoms with E-state index in [1.807, 2.05) is 6.07 Å². The Morgan fingerprint density at radius 3 is 2.75 bits per heavy atom. The lowest BCUT2D eigenvalue weighted by molar-refractivity contribution is 0.0870. The summed E-state index contributed by atoms with van der Waals surface area (Å²) in [6, 6.07) is 5.35. The Hall–Kier alpha value is -1.79. The molecule has 1 aliphatic rings. The molecular formula is C14H21N3O3. The van der Waals surface area contributed by atoms with Gasteiger partial charge >= 0.3 is 0 Å². The van der Waals surface area contributed by atoms with Crippen LogP contribution in [0, 0.1) is 0 Å². The molecule has 0 aliphatic heterocycles. The third-order valence-corrected chi connectivity index (χ3v) is 3.95. The highest BCUT2D eigenvalue weighted by Crippen LogP contribution is 2.32. The van der Waals surface area contributed by atoms with Gasteiger partial charge in [0.15, 0.2) is 5.84 Å². The number of nitrogens with zero attached hydrogens (tertiary/aromatic N) is 1. The second-order valence-corrected chi connectivity index (χ2v) is 5.16. The fraction of sp³-hybridized carbons (Fsp3) is 0.500. The van der Waals surface area contributed by atoms with E-state index in [9.17, 15) is 5.11 Å². The van der Waals surface area contributed by atoms with Gasteiger partial charge in [0, 0.05) is 23.2 Å². The fourth-order valence-electron chi connectivity index (χ4n) is 2.41. The van der Waals surface area contributed by atoms with Gasteiger partial charge in [-0.2, -0.15) is 0 Å². The van der Waals surface area contributed by atoms with E-state index >= 15 is 0 Å². The van der Waals surface area contributed by atoms with Crippen molar-refractivity contribution in [3.8, 4) is 5.75 Å². The number of amidine groups is 1. The molecule has 1 saturated carbocycles. The number of aliphatic hydroxyl groups excluding tert-OH is 1. The molecule has 0 bridgehead atoms. The van der Waals surface area contributed by atoms with Crippen LogP contribution >= 0.6 is 0 Å². The molecule has 110 valence electrons. The van der Waals surface area contributed by atoms with E-state index in [1.54, 1.807) is 19.2 Å². The Kier molecular flexibility index (Phi) is 4.46. The summed E-state index contributed by atoms with van der Waals surface area (Å²) in [6.45, 7) is 0.700. The van der Waals surface area contributed by atoms with Crippen molar-refractivity contribution < 1.29 is 15.1 Å². The SMILES string of the molecule is COc1ccc(/C(N)=N/O)cc1CNC1(CO)CCC1. The first kappa shape index (κ1) is 14.6. The van der Waals surface area contributed by atoms with E-state index in [4.69, 9.17) is 15.7 Å². The number of oxime groups is 1. The van der Waals surface area contributed by atoms with Crippen LogP contribution in [0.1, 0.15) is 30.4 Å². The lowest BCUT2D eigenvalue weighted by Gasteiger charge is -2.41. The highest BCUT2D eigenvalue weighted by Gasteiger charge is 2.35. The predicted octanol–water partition coefficient (Wildman–Crippen LogP) is 0.794. The van der Waals surface area contributed by atoms with Gasteiger partial charge in [0.05, 0.1) is 13.7 Å². The first-order valence-electron chi connectivity index (χ1n) is 6.65. The van der Waals surface area contributed by atoms with Crippen molar-refractivity contribution in [1.29, 1.82) is 0 Å². The quantitative estimate of drug-likeness (QED) is 0.267. The molecule has 6 nitrogen and oxygen atoms in total. The van der Waals surface area contributed by atoms with Crippen LogP contribution in [0.2, 0.25) is 0 Å². The van der Waals surface area contributed by atoms with Crippen molar-refractivity contribution in [2.45, 2.75) is 31.3 Å². The molecule has 0 saturated heterocycles. The average molecular weight is 279 g/mol. The predicted molar refractivity (Wildman–Crippen MR) is 76.0 cm³/mol. The van der Waals surface area contributed by atoms with Crippen molar-refractivity contribution in [3.63, 3.8) is 0 Å². The molecule has 5 N–H and O–H groups in total. The van der Waals surface area contributed by atoms with Crippen LogP contribution in [0.25, 0.3) is 0 Å². The van der Waals surface area contributed by atoms with Crippen LogP contribution in [-0.2, 0) is 6.54 Å². The van der Waals surface area contributed by atoms with Crippen LogP contribution in [0.3, 0.4) is 0 Å². The topological polar surface area (TPSA) is 100 Å². The van der Waals surface area contributed by atoms with Crippen molar-refractivity contribution in [2.75, 3.05) is 13.7 Å². The van der Waals surface area contributed by atoms with Crippen LogP contribution in [0.4, 0.5) is 0 Å². The van der Waals surface area contributed by atoms with Gasteiger partial charge in [-0.3, -0.25) is 0 Å². The maximum Gasteiger partial charge on any atom is 0.170 e. The minimum atomic E-state index is -0.169. The number of benzene rings is 1. The van der Waals surface area contributed by atoms with E-state index < -0.39 is 0 Å². The summed E-state index contributed by atoms with van der Waals surface area (Å²) in [6.07, 6.45) is 3.09. The lowest BCUT2D eigenvalue weighted by Crippen LogP contribution is -2.53. The summed E-state index contributed by atoms with van der Waals surface area (Å²) in [5.74, 6) is 0.800. The highest BCUT2D eigenvalue weighted by molar-refractivity contribution is 5.97. The largest absolute Gasteiger partial charge is 0.496 e.